The Bertz CT molecular complexity index is 1370. The van der Waals surface area contributed by atoms with Gasteiger partial charge in [0.25, 0.3) is 5.91 Å². The molecule has 0 spiro atoms. The quantitative estimate of drug-likeness (QED) is 0.431. The van der Waals surface area contributed by atoms with Crippen molar-refractivity contribution in [1.29, 1.82) is 0 Å². The van der Waals surface area contributed by atoms with Crippen molar-refractivity contribution in [1.82, 2.24) is 14.1 Å². The van der Waals surface area contributed by atoms with Crippen molar-refractivity contribution < 1.29 is 27.5 Å². The van der Waals surface area contributed by atoms with Crippen LogP contribution in [-0.2, 0) is 30.8 Å². The van der Waals surface area contributed by atoms with E-state index >= 15 is 0 Å². The van der Waals surface area contributed by atoms with Gasteiger partial charge in [-0.25, -0.2) is 17.9 Å². The number of ether oxygens (including phenoxy) is 2. The number of morpholine rings is 1. The standard InChI is InChI=1S/C25H27ClN4O6S/c1-17-22(23(26)30(28-17)16-19-6-4-3-5-7-19)25(32)36-18(2)24(31)27-20-8-10-21(11-9-20)37(33,34)29-12-14-35-15-13-29/h3-11,18H,12-16H2,1-2H3,(H,27,31)/t18-/m0/s1. The number of halogens is 1. The van der Waals surface area contributed by atoms with Crippen molar-refractivity contribution in [3.05, 3.63) is 76.6 Å². The van der Waals surface area contributed by atoms with Gasteiger partial charge in [-0.15, -0.1) is 0 Å². The Morgan fingerprint density at radius 3 is 2.41 bits per heavy atom. The van der Waals surface area contributed by atoms with Gasteiger partial charge >= 0.3 is 5.97 Å². The van der Waals surface area contributed by atoms with Gasteiger partial charge in [-0.3, -0.25) is 4.79 Å². The Morgan fingerprint density at radius 2 is 1.76 bits per heavy atom. The van der Waals surface area contributed by atoms with Crippen LogP contribution in [0.15, 0.2) is 59.5 Å². The van der Waals surface area contributed by atoms with Gasteiger partial charge in [0, 0.05) is 18.8 Å². The second kappa shape index (κ2) is 11.4. The van der Waals surface area contributed by atoms with E-state index in [-0.39, 0.29) is 15.6 Å². The van der Waals surface area contributed by atoms with Crippen LogP contribution in [0.2, 0.25) is 5.15 Å². The molecule has 37 heavy (non-hydrogen) atoms. The number of nitrogens with zero attached hydrogens (tertiary/aromatic N) is 3. The number of aromatic nitrogens is 2. The number of amides is 1. The maximum Gasteiger partial charge on any atom is 0.343 e. The van der Waals surface area contributed by atoms with Gasteiger partial charge in [-0.1, -0.05) is 41.9 Å². The molecule has 196 valence electrons. The molecule has 1 fully saturated rings. The highest BCUT2D eigenvalue weighted by Crippen LogP contribution is 2.23. The Labute approximate surface area is 220 Å². The van der Waals surface area contributed by atoms with Gasteiger partial charge in [0.15, 0.2) is 6.10 Å². The Hall–Kier alpha value is -3.25. The number of benzene rings is 2. The molecule has 1 aromatic heterocycles. The van der Waals surface area contributed by atoms with Gasteiger partial charge in [-0.05, 0) is 43.7 Å². The molecule has 10 nitrogen and oxygen atoms in total. The fraction of sp³-hybridized carbons (Fsp3) is 0.320. The SMILES string of the molecule is Cc1nn(Cc2ccccc2)c(Cl)c1C(=O)O[C@@H](C)C(=O)Nc1ccc(S(=O)(=O)N2CCOCC2)cc1. The van der Waals surface area contributed by atoms with Crippen LogP contribution in [-0.4, -0.2) is 66.8 Å². The highest BCUT2D eigenvalue weighted by atomic mass is 35.5. The smallest absolute Gasteiger partial charge is 0.343 e. The lowest BCUT2D eigenvalue weighted by molar-refractivity contribution is -0.123. The maximum atomic E-state index is 12.8. The van der Waals surface area contributed by atoms with Crippen molar-refractivity contribution in [2.24, 2.45) is 0 Å². The van der Waals surface area contributed by atoms with Crippen LogP contribution in [0.5, 0.6) is 0 Å². The zero-order valence-corrected chi connectivity index (χ0v) is 22.0. The minimum Gasteiger partial charge on any atom is -0.449 e. The van der Waals surface area contributed by atoms with E-state index in [1.807, 2.05) is 30.3 Å². The van der Waals surface area contributed by atoms with Crippen LogP contribution in [0, 0.1) is 6.92 Å². The van der Waals surface area contributed by atoms with E-state index in [0.29, 0.717) is 44.2 Å². The lowest BCUT2D eigenvalue weighted by atomic mass is 10.2. The molecular weight excluding hydrogens is 520 g/mol. The third kappa shape index (κ3) is 6.19. The van der Waals surface area contributed by atoms with Crippen LogP contribution < -0.4 is 5.32 Å². The van der Waals surface area contributed by atoms with Crippen LogP contribution >= 0.6 is 11.6 Å². The van der Waals surface area contributed by atoms with Crippen molar-refractivity contribution >= 4 is 39.2 Å². The molecule has 1 amide bonds. The summed E-state index contributed by atoms with van der Waals surface area (Å²) in [6, 6.07) is 15.3. The van der Waals surface area contributed by atoms with Crippen LogP contribution in [0.1, 0.15) is 28.5 Å². The highest BCUT2D eigenvalue weighted by Gasteiger charge is 2.27. The van der Waals surface area contributed by atoms with Crippen molar-refractivity contribution in [2.45, 2.75) is 31.4 Å². The van der Waals surface area contributed by atoms with E-state index in [0.717, 1.165) is 5.56 Å². The van der Waals surface area contributed by atoms with E-state index in [1.54, 1.807) is 6.92 Å². The molecule has 4 rings (SSSR count). The van der Waals surface area contributed by atoms with E-state index in [1.165, 1.54) is 40.2 Å². The molecule has 1 saturated heterocycles. The second-order valence-electron chi connectivity index (χ2n) is 8.47. The second-order valence-corrected chi connectivity index (χ2v) is 10.8. The topological polar surface area (TPSA) is 120 Å². The first-order valence-electron chi connectivity index (χ1n) is 11.6. The normalized spacial score (nSPS) is 15.2. The number of hydrogen-bond donors (Lipinski definition) is 1. The average Bonchev–Trinajstić information content (AvgIpc) is 3.17. The maximum absolute atomic E-state index is 12.8. The molecule has 3 aromatic rings. The Morgan fingerprint density at radius 1 is 1.11 bits per heavy atom. The molecule has 0 saturated carbocycles. The molecule has 1 N–H and O–H groups in total. The fourth-order valence-corrected chi connectivity index (χ4v) is 5.53. The predicted octanol–water partition coefficient (Wildman–Crippen LogP) is 3.10. The number of anilines is 1. The summed E-state index contributed by atoms with van der Waals surface area (Å²) in [5.41, 5.74) is 1.80. The number of sulfonamides is 1. The molecular formula is C25H27ClN4O6S. The first-order chi connectivity index (χ1) is 17.7. The summed E-state index contributed by atoms with van der Waals surface area (Å²) < 4.78 is 38.9. The number of esters is 1. The van der Waals surface area contributed by atoms with Crippen molar-refractivity contribution in [2.75, 3.05) is 31.6 Å². The van der Waals surface area contributed by atoms with Crippen molar-refractivity contribution in [3.8, 4) is 0 Å². The summed E-state index contributed by atoms with van der Waals surface area (Å²) in [6.45, 7) is 4.73. The lowest BCUT2D eigenvalue weighted by Crippen LogP contribution is -2.40. The van der Waals surface area contributed by atoms with Gasteiger partial charge in [0.1, 0.15) is 10.7 Å². The summed E-state index contributed by atoms with van der Waals surface area (Å²) in [6.07, 6.45) is -1.14. The van der Waals surface area contributed by atoms with Gasteiger partial charge in [0.05, 0.1) is 30.3 Å². The fourth-order valence-electron chi connectivity index (χ4n) is 3.81. The summed E-state index contributed by atoms with van der Waals surface area (Å²) in [4.78, 5) is 25.6. The highest BCUT2D eigenvalue weighted by molar-refractivity contribution is 7.89. The van der Waals surface area contributed by atoms with Crippen LogP contribution in [0.3, 0.4) is 0 Å². The molecule has 0 aliphatic carbocycles. The molecule has 1 aliphatic rings. The summed E-state index contributed by atoms with van der Waals surface area (Å²) in [5, 5.41) is 7.08. The lowest BCUT2D eigenvalue weighted by Gasteiger charge is -2.26. The Balaban J connectivity index is 1.38. The number of carbonyl (C=O) groups excluding carboxylic acids is 2. The first-order valence-corrected chi connectivity index (χ1v) is 13.4. The van der Waals surface area contributed by atoms with Crippen molar-refractivity contribution in [3.63, 3.8) is 0 Å². The van der Waals surface area contributed by atoms with E-state index < -0.39 is 28.0 Å². The first kappa shape index (κ1) is 26.8. The molecule has 12 heteroatoms. The van der Waals surface area contributed by atoms with E-state index in [4.69, 9.17) is 21.1 Å². The molecule has 0 bridgehead atoms. The number of carbonyl (C=O) groups is 2. The molecule has 2 heterocycles. The predicted molar refractivity (Wildman–Crippen MR) is 137 cm³/mol. The third-order valence-corrected chi connectivity index (χ3v) is 8.12. The molecule has 0 radical (unpaired) electrons. The molecule has 1 aliphatic heterocycles. The summed E-state index contributed by atoms with van der Waals surface area (Å²) in [7, 11) is -3.65. The minimum absolute atomic E-state index is 0.0925. The third-order valence-electron chi connectivity index (χ3n) is 5.83. The van der Waals surface area contributed by atoms with Gasteiger partial charge < -0.3 is 14.8 Å². The minimum atomic E-state index is -3.65. The molecule has 1 atom stereocenters. The van der Waals surface area contributed by atoms with Crippen LogP contribution in [0.4, 0.5) is 5.69 Å². The number of aryl methyl sites for hydroxylation is 1. The number of nitrogens with one attached hydrogen (secondary N) is 1. The van der Waals surface area contributed by atoms with Gasteiger partial charge in [-0.2, -0.15) is 9.40 Å². The van der Waals surface area contributed by atoms with E-state index in [9.17, 15) is 18.0 Å². The van der Waals surface area contributed by atoms with Gasteiger partial charge in [0.2, 0.25) is 10.0 Å². The number of hydrogen-bond acceptors (Lipinski definition) is 7. The Kier molecular flexibility index (Phi) is 8.28. The number of rotatable bonds is 8. The largest absolute Gasteiger partial charge is 0.449 e. The average molecular weight is 547 g/mol. The van der Waals surface area contributed by atoms with E-state index in [2.05, 4.69) is 10.4 Å². The monoisotopic (exact) mass is 546 g/mol. The molecule has 0 unspecified atom stereocenters. The zero-order valence-electron chi connectivity index (χ0n) is 20.4. The zero-order chi connectivity index (χ0) is 26.6. The van der Waals surface area contributed by atoms with Crippen LogP contribution in [0.25, 0.3) is 0 Å². The summed E-state index contributed by atoms with van der Waals surface area (Å²) in [5.74, 6) is -1.35. The summed E-state index contributed by atoms with van der Waals surface area (Å²) >= 11 is 6.41. The molecule has 2 aromatic carbocycles.